The number of rotatable bonds is 9. The Balaban J connectivity index is 1.96. The summed E-state index contributed by atoms with van der Waals surface area (Å²) < 4.78 is 42.4. The second-order valence-corrected chi connectivity index (χ2v) is 9.44. The van der Waals surface area contributed by atoms with E-state index in [-0.39, 0.29) is 12.3 Å². The minimum absolute atomic E-state index is 0.169. The van der Waals surface area contributed by atoms with Gasteiger partial charge in [0.25, 0.3) is 0 Å². The van der Waals surface area contributed by atoms with E-state index < -0.39 is 10.0 Å². The van der Waals surface area contributed by atoms with Gasteiger partial charge in [-0.05, 0) is 50.1 Å². The van der Waals surface area contributed by atoms with E-state index in [0.717, 1.165) is 17.4 Å². The highest BCUT2D eigenvalue weighted by atomic mass is 32.2. The number of nitrogens with zero attached hydrogens (tertiary/aromatic N) is 1. The van der Waals surface area contributed by atoms with Crippen LogP contribution in [0, 0.1) is 20.8 Å². The summed E-state index contributed by atoms with van der Waals surface area (Å²) >= 11 is 0. The Morgan fingerprint density at radius 3 is 2.48 bits per heavy atom. The average molecular weight is 474 g/mol. The van der Waals surface area contributed by atoms with Gasteiger partial charge in [-0.15, -0.1) is 0 Å². The number of anilines is 2. The molecule has 10 heteroatoms. The van der Waals surface area contributed by atoms with Crippen molar-refractivity contribution in [3.05, 3.63) is 53.4 Å². The molecule has 0 saturated carbocycles. The largest absolute Gasteiger partial charge is 0.457 e. The van der Waals surface area contributed by atoms with Crippen LogP contribution in [0.4, 0.5) is 11.4 Å². The standard InChI is InChI=1S/C23H27N3O6S/c1-14-6-7-19(13-21(14)24-22(27)8-9-30-4)31-20-11-17(23-15(2)25-32-16(23)3)10-18(12-20)26-33(5,28)29/h6-7,10-13,26H,8-9H2,1-5H3,(H,24,27). The Kier molecular flexibility index (Phi) is 7.39. The molecule has 9 nitrogen and oxygen atoms in total. The van der Waals surface area contributed by atoms with Crippen LogP contribution < -0.4 is 14.8 Å². The third kappa shape index (κ3) is 6.56. The van der Waals surface area contributed by atoms with E-state index in [1.165, 1.54) is 7.11 Å². The zero-order valence-corrected chi connectivity index (χ0v) is 20.0. The van der Waals surface area contributed by atoms with Crippen LogP contribution >= 0.6 is 0 Å². The fourth-order valence-electron chi connectivity index (χ4n) is 3.31. The Labute approximate surface area is 193 Å². The lowest BCUT2D eigenvalue weighted by molar-refractivity contribution is -0.117. The molecule has 0 spiro atoms. The topological polar surface area (TPSA) is 120 Å². The van der Waals surface area contributed by atoms with Crippen molar-refractivity contribution in [2.45, 2.75) is 27.2 Å². The van der Waals surface area contributed by atoms with E-state index in [1.807, 2.05) is 19.9 Å². The summed E-state index contributed by atoms with van der Waals surface area (Å²) in [5.41, 5.74) is 3.95. The zero-order valence-electron chi connectivity index (χ0n) is 19.2. The summed E-state index contributed by atoms with van der Waals surface area (Å²) in [5, 5.41) is 6.83. The SMILES string of the molecule is COCCC(=O)Nc1cc(Oc2cc(NS(C)(=O)=O)cc(-c3c(C)noc3C)c2)ccc1C. The number of hydrogen-bond donors (Lipinski definition) is 2. The molecular weight excluding hydrogens is 446 g/mol. The summed E-state index contributed by atoms with van der Waals surface area (Å²) in [5.74, 6) is 1.31. The Bertz CT molecular complexity index is 1250. The second kappa shape index (κ2) is 10.1. The maximum absolute atomic E-state index is 12.1. The maximum Gasteiger partial charge on any atom is 0.229 e. The lowest BCUT2D eigenvalue weighted by Crippen LogP contribution is -2.14. The summed E-state index contributed by atoms with van der Waals surface area (Å²) in [4.78, 5) is 12.1. The van der Waals surface area contributed by atoms with Crippen LogP contribution in [0.5, 0.6) is 11.5 Å². The number of nitrogens with one attached hydrogen (secondary N) is 2. The van der Waals surface area contributed by atoms with Crippen molar-refractivity contribution in [2.24, 2.45) is 0 Å². The molecule has 176 valence electrons. The van der Waals surface area contributed by atoms with Crippen molar-refractivity contribution in [2.75, 3.05) is 30.0 Å². The number of hydrogen-bond acceptors (Lipinski definition) is 7. The fraction of sp³-hybridized carbons (Fsp3) is 0.304. The molecule has 0 radical (unpaired) electrons. The minimum atomic E-state index is -3.51. The summed E-state index contributed by atoms with van der Waals surface area (Å²) in [7, 11) is -1.97. The number of aryl methyl sites for hydroxylation is 3. The highest BCUT2D eigenvalue weighted by molar-refractivity contribution is 7.92. The molecule has 0 atom stereocenters. The normalized spacial score (nSPS) is 11.3. The van der Waals surface area contributed by atoms with Gasteiger partial charge < -0.3 is 19.3 Å². The van der Waals surface area contributed by atoms with Gasteiger partial charge in [0.1, 0.15) is 17.3 Å². The molecule has 2 aromatic carbocycles. The first-order chi connectivity index (χ1) is 15.6. The summed E-state index contributed by atoms with van der Waals surface area (Å²) in [6.45, 7) is 5.79. The van der Waals surface area contributed by atoms with Crippen molar-refractivity contribution < 1.29 is 27.2 Å². The molecule has 1 amide bonds. The number of sulfonamides is 1. The third-order valence-electron chi connectivity index (χ3n) is 4.78. The monoisotopic (exact) mass is 473 g/mol. The van der Waals surface area contributed by atoms with Gasteiger partial charge in [-0.1, -0.05) is 11.2 Å². The highest BCUT2D eigenvalue weighted by Crippen LogP contribution is 2.35. The Hall–Kier alpha value is -3.37. The van der Waals surface area contributed by atoms with E-state index >= 15 is 0 Å². The highest BCUT2D eigenvalue weighted by Gasteiger charge is 2.16. The molecular formula is C23H27N3O6S. The molecule has 3 aromatic rings. The number of amides is 1. The van der Waals surface area contributed by atoms with Gasteiger partial charge in [-0.25, -0.2) is 8.42 Å². The predicted octanol–water partition coefficient (Wildman–Crippen LogP) is 4.41. The van der Waals surface area contributed by atoms with Crippen LogP contribution in [0.15, 0.2) is 40.9 Å². The molecule has 0 bridgehead atoms. The molecule has 3 rings (SSSR count). The molecule has 1 heterocycles. The minimum Gasteiger partial charge on any atom is -0.457 e. The number of aromatic nitrogens is 1. The average Bonchev–Trinajstić information content (AvgIpc) is 3.05. The Morgan fingerprint density at radius 1 is 1.09 bits per heavy atom. The van der Waals surface area contributed by atoms with Gasteiger partial charge >= 0.3 is 0 Å². The molecule has 0 saturated heterocycles. The lowest BCUT2D eigenvalue weighted by Gasteiger charge is -2.14. The molecule has 1 aromatic heterocycles. The Morgan fingerprint density at radius 2 is 1.85 bits per heavy atom. The van der Waals surface area contributed by atoms with Crippen molar-refractivity contribution in [1.82, 2.24) is 5.16 Å². The van der Waals surface area contributed by atoms with Crippen LogP contribution in [0.2, 0.25) is 0 Å². The first-order valence-electron chi connectivity index (χ1n) is 10.2. The smallest absolute Gasteiger partial charge is 0.229 e. The fourth-order valence-corrected chi connectivity index (χ4v) is 3.86. The van der Waals surface area contributed by atoms with E-state index in [9.17, 15) is 13.2 Å². The van der Waals surface area contributed by atoms with Crippen LogP contribution in [0.3, 0.4) is 0 Å². The number of ether oxygens (including phenoxy) is 2. The first kappa shape index (κ1) is 24.3. The molecule has 2 N–H and O–H groups in total. The third-order valence-corrected chi connectivity index (χ3v) is 5.39. The van der Waals surface area contributed by atoms with Gasteiger partial charge in [0.15, 0.2) is 0 Å². The van der Waals surface area contributed by atoms with Crippen molar-refractivity contribution in [3.63, 3.8) is 0 Å². The van der Waals surface area contributed by atoms with Gasteiger partial charge in [0.2, 0.25) is 15.9 Å². The predicted molar refractivity (Wildman–Crippen MR) is 126 cm³/mol. The van der Waals surface area contributed by atoms with Crippen LogP contribution in [-0.2, 0) is 19.6 Å². The number of carbonyl (C=O) groups excluding carboxylic acids is 1. The number of benzene rings is 2. The van der Waals surface area contributed by atoms with Crippen molar-refractivity contribution in [1.29, 1.82) is 0 Å². The van der Waals surface area contributed by atoms with E-state index in [2.05, 4.69) is 15.2 Å². The summed E-state index contributed by atoms with van der Waals surface area (Å²) in [6.07, 6.45) is 1.32. The van der Waals surface area contributed by atoms with Crippen LogP contribution in [0.25, 0.3) is 11.1 Å². The maximum atomic E-state index is 12.1. The van der Waals surface area contributed by atoms with Gasteiger partial charge in [-0.2, -0.15) is 0 Å². The van der Waals surface area contributed by atoms with Crippen molar-refractivity contribution in [3.8, 4) is 22.6 Å². The van der Waals surface area contributed by atoms with Crippen LogP contribution in [-0.4, -0.2) is 39.5 Å². The summed E-state index contributed by atoms with van der Waals surface area (Å²) in [6, 6.07) is 10.4. The quantitative estimate of drug-likeness (QED) is 0.472. The zero-order chi connectivity index (χ0) is 24.2. The lowest BCUT2D eigenvalue weighted by atomic mass is 10.0. The molecule has 33 heavy (non-hydrogen) atoms. The van der Waals surface area contributed by atoms with Crippen molar-refractivity contribution >= 4 is 27.3 Å². The number of methoxy groups -OCH3 is 1. The molecule has 0 fully saturated rings. The van der Waals surface area contributed by atoms with E-state index in [4.69, 9.17) is 14.0 Å². The molecule has 0 aliphatic carbocycles. The number of carbonyl (C=O) groups is 1. The van der Waals surface area contributed by atoms with Gasteiger partial charge in [0, 0.05) is 30.5 Å². The van der Waals surface area contributed by atoms with Crippen LogP contribution in [0.1, 0.15) is 23.4 Å². The molecule has 0 unspecified atom stereocenters. The molecule has 0 aliphatic heterocycles. The molecule has 0 aliphatic rings. The van der Waals surface area contributed by atoms with Gasteiger partial charge in [0.05, 0.1) is 30.7 Å². The van der Waals surface area contributed by atoms with E-state index in [0.29, 0.717) is 46.5 Å². The first-order valence-corrected chi connectivity index (χ1v) is 12.1. The second-order valence-electron chi connectivity index (χ2n) is 7.69. The van der Waals surface area contributed by atoms with E-state index in [1.54, 1.807) is 37.3 Å². The van der Waals surface area contributed by atoms with Gasteiger partial charge in [-0.3, -0.25) is 9.52 Å².